The topological polar surface area (TPSA) is 76.9 Å². The zero-order valence-electron chi connectivity index (χ0n) is 15.6. The van der Waals surface area contributed by atoms with Crippen LogP contribution in [0.15, 0.2) is 41.2 Å². The highest BCUT2D eigenvalue weighted by molar-refractivity contribution is 5.92. The monoisotopic (exact) mass is 372 g/mol. The zero-order valence-corrected chi connectivity index (χ0v) is 15.6. The number of ether oxygens (including phenoxy) is 2. The van der Waals surface area contributed by atoms with Crippen molar-refractivity contribution < 1.29 is 14.3 Å². The zero-order chi connectivity index (χ0) is 19.2. The summed E-state index contributed by atoms with van der Waals surface area (Å²) in [5.74, 6) is 0.284. The lowest BCUT2D eigenvalue weighted by Gasteiger charge is -2.30. The first-order valence-corrected chi connectivity index (χ1v) is 8.84. The molecule has 0 spiro atoms. The van der Waals surface area contributed by atoms with Gasteiger partial charge in [0.1, 0.15) is 6.54 Å². The van der Waals surface area contributed by atoms with Gasteiger partial charge in [-0.1, -0.05) is 18.2 Å². The molecule has 0 bridgehead atoms. The van der Waals surface area contributed by atoms with Gasteiger partial charge in [0, 0.05) is 39.0 Å². The molecule has 1 amide bonds. The summed E-state index contributed by atoms with van der Waals surface area (Å²) in [6, 6.07) is 10.7. The molecular weight excluding hydrogens is 348 g/mol. The number of anilines is 2. The van der Waals surface area contributed by atoms with Crippen molar-refractivity contribution in [2.45, 2.75) is 13.2 Å². The van der Waals surface area contributed by atoms with Crippen molar-refractivity contribution in [3.8, 4) is 0 Å². The number of likely N-dealkylation sites (N-methyl/N-ethyl adjacent to an activating group) is 1. The number of hydrogen-bond acceptors (Lipinski definition) is 6. The Morgan fingerprint density at radius 1 is 1.26 bits per heavy atom. The van der Waals surface area contributed by atoms with E-state index in [0.29, 0.717) is 37.9 Å². The molecule has 1 aromatic carbocycles. The van der Waals surface area contributed by atoms with Gasteiger partial charge in [-0.15, -0.1) is 0 Å². The lowest BCUT2D eigenvalue weighted by Crippen LogP contribution is -2.42. The first-order chi connectivity index (χ1) is 13.1. The van der Waals surface area contributed by atoms with E-state index in [1.165, 1.54) is 10.6 Å². The molecule has 2 aromatic rings. The van der Waals surface area contributed by atoms with E-state index in [1.807, 2.05) is 35.2 Å². The van der Waals surface area contributed by atoms with E-state index < -0.39 is 0 Å². The fourth-order valence-corrected chi connectivity index (χ4v) is 2.95. The van der Waals surface area contributed by atoms with Crippen molar-refractivity contribution in [2.75, 3.05) is 50.3 Å². The average molecular weight is 372 g/mol. The summed E-state index contributed by atoms with van der Waals surface area (Å²) < 4.78 is 11.9. The lowest BCUT2D eigenvalue weighted by molar-refractivity contribution is -0.118. The Kier molecular flexibility index (Phi) is 6.20. The van der Waals surface area contributed by atoms with Crippen LogP contribution in [-0.2, 0) is 27.4 Å². The van der Waals surface area contributed by atoms with Crippen LogP contribution < -0.4 is 15.4 Å². The summed E-state index contributed by atoms with van der Waals surface area (Å²) >= 11 is 0. The molecular formula is C19H24N4O4. The van der Waals surface area contributed by atoms with Gasteiger partial charge in [-0.25, -0.2) is 4.98 Å². The van der Waals surface area contributed by atoms with E-state index >= 15 is 0 Å². The minimum absolute atomic E-state index is 0.0861. The number of benzene rings is 1. The van der Waals surface area contributed by atoms with E-state index in [2.05, 4.69) is 4.98 Å². The second-order valence-corrected chi connectivity index (χ2v) is 6.29. The Balaban J connectivity index is 1.91. The van der Waals surface area contributed by atoms with Crippen molar-refractivity contribution in [3.05, 3.63) is 52.4 Å². The fourth-order valence-electron chi connectivity index (χ4n) is 2.95. The first-order valence-electron chi connectivity index (χ1n) is 8.84. The van der Waals surface area contributed by atoms with Crippen LogP contribution in [0, 0.1) is 0 Å². The average Bonchev–Trinajstić information content (AvgIpc) is 2.70. The van der Waals surface area contributed by atoms with Gasteiger partial charge >= 0.3 is 0 Å². The summed E-state index contributed by atoms with van der Waals surface area (Å²) in [7, 11) is 3.25. The van der Waals surface area contributed by atoms with Gasteiger partial charge < -0.3 is 19.3 Å². The molecule has 144 valence electrons. The molecule has 1 saturated heterocycles. The number of amides is 1. The summed E-state index contributed by atoms with van der Waals surface area (Å²) in [5.41, 5.74) is 1.05. The predicted octanol–water partition coefficient (Wildman–Crippen LogP) is 0.889. The summed E-state index contributed by atoms with van der Waals surface area (Å²) in [6.07, 6.45) is 0. The second-order valence-electron chi connectivity index (χ2n) is 6.29. The number of para-hydroxylation sites is 1. The molecule has 2 heterocycles. The molecule has 0 saturated carbocycles. The fraction of sp³-hybridized carbons (Fsp3) is 0.421. The highest BCUT2D eigenvalue weighted by atomic mass is 16.5. The van der Waals surface area contributed by atoms with Crippen molar-refractivity contribution in [1.29, 1.82) is 0 Å². The van der Waals surface area contributed by atoms with Gasteiger partial charge in [0.25, 0.3) is 5.56 Å². The summed E-state index contributed by atoms with van der Waals surface area (Å²) in [4.78, 5) is 33.6. The Morgan fingerprint density at radius 2 is 1.96 bits per heavy atom. The number of morpholine rings is 1. The number of nitrogens with zero attached hydrogens (tertiary/aromatic N) is 4. The van der Waals surface area contributed by atoms with Crippen LogP contribution in [0.2, 0.25) is 0 Å². The molecule has 0 atom stereocenters. The summed E-state index contributed by atoms with van der Waals surface area (Å²) in [5, 5.41) is 0. The summed E-state index contributed by atoms with van der Waals surface area (Å²) in [6.45, 7) is 2.50. The third kappa shape index (κ3) is 4.53. The maximum absolute atomic E-state index is 12.8. The van der Waals surface area contributed by atoms with E-state index in [-0.39, 0.29) is 24.6 Å². The van der Waals surface area contributed by atoms with Crippen LogP contribution in [0.4, 0.5) is 11.6 Å². The van der Waals surface area contributed by atoms with Crippen LogP contribution in [0.25, 0.3) is 0 Å². The maximum atomic E-state index is 12.8. The number of rotatable bonds is 6. The Morgan fingerprint density at radius 3 is 2.63 bits per heavy atom. The largest absolute Gasteiger partial charge is 0.378 e. The molecule has 0 radical (unpaired) electrons. The molecule has 0 aliphatic carbocycles. The molecule has 27 heavy (non-hydrogen) atoms. The van der Waals surface area contributed by atoms with Crippen molar-refractivity contribution in [3.63, 3.8) is 0 Å². The molecule has 0 unspecified atom stereocenters. The molecule has 1 fully saturated rings. The van der Waals surface area contributed by atoms with Crippen LogP contribution in [0.3, 0.4) is 0 Å². The lowest BCUT2D eigenvalue weighted by atomic mass is 10.3. The van der Waals surface area contributed by atoms with E-state index in [9.17, 15) is 9.59 Å². The van der Waals surface area contributed by atoms with E-state index in [1.54, 1.807) is 19.1 Å². The molecule has 0 N–H and O–H groups in total. The highest BCUT2D eigenvalue weighted by Crippen LogP contribution is 2.15. The third-order valence-electron chi connectivity index (χ3n) is 4.44. The van der Waals surface area contributed by atoms with Crippen molar-refractivity contribution >= 4 is 17.5 Å². The molecule has 8 nitrogen and oxygen atoms in total. The number of carbonyl (C=O) groups excluding carboxylic acids is 1. The molecule has 1 aliphatic rings. The van der Waals surface area contributed by atoms with E-state index in [0.717, 1.165) is 5.69 Å². The van der Waals surface area contributed by atoms with Gasteiger partial charge in [0.15, 0.2) is 0 Å². The molecule has 3 rings (SSSR count). The number of aromatic nitrogens is 2. The Labute approximate surface area is 157 Å². The Hall–Kier alpha value is -2.71. The number of hydrogen-bond donors (Lipinski definition) is 0. The predicted molar refractivity (Wildman–Crippen MR) is 102 cm³/mol. The SMILES string of the molecule is COCc1cc(=O)n(CC(=O)N(C)c2ccccc2)c(N2CCOCC2)n1. The number of methoxy groups -OCH3 is 1. The Bertz CT molecular complexity index is 831. The van der Waals surface area contributed by atoms with Gasteiger partial charge in [-0.3, -0.25) is 14.2 Å². The third-order valence-corrected chi connectivity index (χ3v) is 4.44. The van der Waals surface area contributed by atoms with Crippen LogP contribution in [0.1, 0.15) is 5.69 Å². The van der Waals surface area contributed by atoms with Crippen molar-refractivity contribution in [1.82, 2.24) is 9.55 Å². The van der Waals surface area contributed by atoms with Crippen LogP contribution >= 0.6 is 0 Å². The molecule has 8 heteroatoms. The van der Waals surface area contributed by atoms with Gasteiger partial charge in [0.2, 0.25) is 11.9 Å². The minimum Gasteiger partial charge on any atom is -0.378 e. The second kappa shape index (κ2) is 8.79. The van der Waals surface area contributed by atoms with Crippen LogP contribution in [-0.4, -0.2) is 55.9 Å². The normalized spacial score (nSPS) is 14.2. The van der Waals surface area contributed by atoms with E-state index in [4.69, 9.17) is 9.47 Å². The van der Waals surface area contributed by atoms with Gasteiger partial charge in [0.05, 0.1) is 25.5 Å². The standard InChI is InChI=1S/C19H24N4O4/c1-21(16-6-4-3-5-7-16)18(25)13-23-17(24)12-15(14-26-2)20-19(23)22-8-10-27-11-9-22/h3-7,12H,8-11,13-14H2,1-2H3. The molecule has 1 aromatic heterocycles. The van der Waals surface area contributed by atoms with Crippen molar-refractivity contribution in [2.24, 2.45) is 0 Å². The quantitative estimate of drug-likeness (QED) is 0.750. The minimum atomic E-state index is -0.270. The maximum Gasteiger partial charge on any atom is 0.255 e. The first kappa shape index (κ1) is 19.1. The number of carbonyl (C=O) groups is 1. The van der Waals surface area contributed by atoms with Gasteiger partial charge in [-0.05, 0) is 12.1 Å². The smallest absolute Gasteiger partial charge is 0.255 e. The van der Waals surface area contributed by atoms with Crippen LogP contribution in [0.5, 0.6) is 0 Å². The van der Waals surface area contributed by atoms with Gasteiger partial charge in [-0.2, -0.15) is 0 Å². The highest BCUT2D eigenvalue weighted by Gasteiger charge is 2.21. The molecule has 1 aliphatic heterocycles.